The molecule has 3 nitrogen and oxygen atoms in total. The van der Waals surface area contributed by atoms with E-state index in [1.165, 1.54) is 23.8 Å². The Hall–Kier alpha value is -1.45. The highest BCUT2D eigenvalue weighted by Gasteiger charge is 2.07. The number of unbranched alkanes of at least 4 members (excludes halogenated alkanes) is 1. The maximum atomic E-state index is 9.17. The second-order valence-electron chi connectivity index (χ2n) is 4.84. The fraction of sp³-hybridized carbons (Fsp3) is 0.438. The standard InChI is InChI=1S/C16H22N2O/c1-2-3-10-18(11-12-19)13-14-8-9-17-16-7-5-4-6-15(14)16/h4-9,19H,2-3,10-13H2,1H3. The predicted molar refractivity (Wildman–Crippen MR) is 79.0 cm³/mol. The summed E-state index contributed by atoms with van der Waals surface area (Å²) in [5.74, 6) is 0. The molecule has 0 aliphatic rings. The van der Waals surface area contributed by atoms with Crippen molar-refractivity contribution >= 4 is 10.9 Å². The van der Waals surface area contributed by atoms with E-state index >= 15 is 0 Å². The van der Waals surface area contributed by atoms with Gasteiger partial charge in [0.25, 0.3) is 0 Å². The van der Waals surface area contributed by atoms with Crippen LogP contribution in [-0.4, -0.2) is 34.7 Å². The van der Waals surface area contributed by atoms with Gasteiger partial charge < -0.3 is 5.11 Å². The Bertz CT molecular complexity index is 508. The van der Waals surface area contributed by atoms with Crippen molar-refractivity contribution < 1.29 is 5.11 Å². The number of hydrogen-bond acceptors (Lipinski definition) is 3. The van der Waals surface area contributed by atoms with Gasteiger partial charge in [0.1, 0.15) is 0 Å². The van der Waals surface area contributed by atoms with Crippen molar-refractivity contribution in [1.29, 1.82) is 0 Å². The summed E-state index contributed by atoms with van der Waals surface area (Å²) in [6.07, 6.45) is 4.22. The Labute approximate surface area is 114 Å². The summed E-state index contributed by atoms with van der Waals surface area (Å²) in [5.41, 5.74) is 2.33. The van der Waals surface area contributed by atoms with Crippen LogP contribution in [0.3, 0.4) is 0 Å². The molecule has 1 heterocycles. The van der Waals surface area contributed by atoms with E-state index in [4.69, 9.17) is 0 Å². The average Bonchev–Trinajstić information content (AvgIpc) is 2.45. The summed E-state index contributed by atoms with van der Waals surface area (Å²) in [6, 6.07) is 10.3. The first kappa shape index (κ1) is 14.0. The maximum absolute atomic E-state index is 9.17. The highest BCUT2D eigenvalue weighted by Crippen LogP contribution is 2.18. The number of para-hydroxylation sites is 1. The smallest absolute Gasteiger partial charge is 0.0705 e. The van der Waals surface area contributed by atoms with Gasteiger partial charge in [-0.1, -0.05) is 31.5 Å². The van der Waals surface area contributed by atoms with E-state index in [1.807, 2.05) is 18.3 Å². The molecule has 0 atom stereocenters. The third-order valence-corrected chi connectivity index (χ3v) is 3.38. The third-order valence-electron chi connectivity index (χ3n) is 3.38. The lowest BCUT2D eigenvalue weighted by Gasteiger charge is -2.21. The zero-order valence-electron chi connectivity index (χ0n) is 11.5. The summed E-state index contributed by atoms with van der Waals surface area (Å²) in [5, 5.41) is 10.4. The van der Waals surface area contributed by atoms with E-state index < -0.39 is 0 Å². The van der Waals surface area contributed by atoms with Gasteiger partial charge in [0, 0.05) is 24.7 Å². The molecule has 0 saturated carbocycles. The van der Waals surface area contributed by atoms with Gasteiger partial charge in [0.2, 0.25) is 0 Å². The van der Waals surface area contributed by atoms with E-state index in [1.54, 1.807) is 0 Å². The second kappa shape index (κ2) is 7.22. The molecule has 19 heavy (non-hydrogen) atoms. The Balaban J connectivity index is 2.18. The monoisotopic (exact) mass is 258 g/mol. The lowest BCUT2D eigenvalue weighted by molar-refractivity contribution is 0.189. The number of benzene rings is 1. The first-order chi connectivity index (χ1) is 9.35. The van der Waals surface area contributed by atoms with Gasteiger partial charge in [-0.05, 0) is 30.7 Å². The predicted octanol–water partition coefficient (Wildman–Crippen LogP) is 2.83. The summed E-state index contributed by atoms with van der Waals surface area (Å²) >= 11 is 0. The fourth-order valence-corrected chi connectivity index (χ4v) is 2.33. The molecule has 2 aromatic rings. The SMILES string of the molecule is CCCCN(CCO)Cc1ccnc2ccccc12. The number of nitrogens with zero attached hydrogens (tertiary/aromatic N) is 2. The lowest BCUT2D eigenvalue weighted by atomic mass is 10.1. The average molecular weight is 258 g/mol. The van der Waals surface area contributed by atoms with Crippen molar-refractivity contribution in [2.75, 3.05) is 19.7 Å². The number of rotatable bonds is 7. The van der Waals surface area contributed by atoms with E-state index in [-0.39, 0.29) is 6.61 Å². The number of hydrogen-bond donors (Lipinski definition) is 1. The van der Waals surface area contributed by atoms with Crippen LogP contribution in [0.4, 0.5) is 0 Å². The van der Waals surface area contributed by atoms with Crippen LogP contribution in [-0.2, 0) is 6.54 Å². The number of aliphatic hydroxyl groups is 1. The van der Waals surface area contributed by atoms with Crippen LogP contribution in [0.15, 0.2) is 36.5 Å². The molecule has 2 rings (SSSR count). The Morgan fingerprint density at radius 1 is 1.16 bits per heavy atom. The number of fused-ring (bicyclic) bond motifs is 1. The van der Waals surface area contributed by atoms with Gasteiger partial charge in [0.05, 0.1) is 12.1 Å². The normalized spacial score (nSPS) is 11.3. The molecule has 0 amide bonds. The van der Waals surface area contributed by atoms with Gasteiger partial charge in [-0.15, -0.1) is 0 Å². The van der Waals surface area contributed by atoms with Crippen molar-refractivity contribution in [2.45, 2.75) is 26.3 Å². The molecule has 3 heteroatoms. The maximum Gasteiger partial charge on any atom is 0.0705 e. The molecule has 102 valence electrons. The molecule has 0 bridgehead atoms. The first-order valence-electron chi connectivity index (χ1n) is 7.01. The van der Waals surface area contributed by atoms with Gasteiger partial charge in [-0.3, -0.25) is 9.88 Å². The van der Waals surface area contributed by atoms with Crippen LogP contribution >= 0.6 is 0 Å². The summed E-state index contributed by atoms with van der Waals surface area (Å²) < 4.78 is 0. The quantitative estimate of drug-likeness (QED) is 0.829. The molecule has 0 fully saturated rings. The van der Waals surface area contributed by atoms with Crippen molar-refractivity contribution in [1.82, 2.24) is 9.88 Å². The third kappa shape index (κ3) is 3.75. The minimum absolute atomic E-state index is 0.215. The number of aliphatic hydroxyl groups excluding tert-OH is 1. The number of aromatic nitrogens is 1. The zero-order valence-corrected chi connectivity index (χ0v) is 11.5. The Morgan fingerprint density at radius 2 is 2.00 bits per heavy atom. The molecule has 0 radical (unpaired) electrons. The molecule has 0 saturated heterocycles. The molecule has 1 aromatic carbocycles. The second-order valence-corrected chi connectivity index (χ2v) is 4.84. The summed E-state index contributed by atoms with van der Waals surface area (Å²) in [6.45, 7) is 5.06. The van der Waals surface area contributed by atoms with Crippen LogP contribution in [0.1, 0.15) is 25.3 Å². The van der Waals surface area contributed by atoms with E-state index in [0.29, 0.717) is 0 Å². The first-order valence-corrected chi connectivity index (χ1v) is 7.01. The zero-order chi connectivity index (χ0) is 13.5. The number of pyridine rings is 1. The van der Waals surface area contributed by atoms with Crippen molar-refractivity contribution in [3.8, 4) is 0 Å². The minimum atomic E-state index is 0.215. The van der Waals surface area contributed by atoms with Gasteiger partial charge >= 0.3 is 0 Å². The largest absolute Gasteiger partial charge is 0.395 e. The van der Waals surface area contributed by atoms with Crippen LogP contribution in [0.2, 0.25) is 0 Å². The highest BCUT2D eigenvalue weighted by molar-refractivity contribution is 5.81. The fourth-order valence-electron chi connectivity index (χ4n) is 2.33. The molecule has 1 aromatic heterocycles. The van der Waals surface area contributed by atoms with Crippen LogP contribution in [0, 0.1) is 0 Å². The topological polar surface area (TPSA) is 36.4 Å². The van der Waals surface area contributed by atoms with Crippen molar-refractivity contribution in [3.63, 3.8) is 0 Å². The molecule has 0 aliphatic heterocycles. The molecular formula is C16H22N2O. The van der Waals surface area contributed by atoms with Crippen LogP contribution < -0.4 is 0 Å². The minimum Gasteiger partial charge on any atom is -0.395 e. The molecule has 0 spiro atoms. The highest BCUT2D eigenvalue weighted by atomic mass is 16.3. The van der Waals surface area contributed by atoms with Gasteiger partial charge in [-0.2, -0.15) is 0 Å². The van der Waals surface area contributed by atoms with E-state index in [0.717, 1.165) is 25.2 Å². The Kier molecular flexibility index (Phi) is 5.31. The van der Waals surface area contributed by atoms with Crippen molar-refractivity contribution in [2.24, 2.45) is 0 Å². The molecular weight excluding hydrogens is 236 g/mol. The Morgan fingerprint density at radius 3 is 2.79 bits per heavy atom. The van der Waals surface area contributed by atoms with Gasteiger partial charge in [-0.25, -0.2) is 0 Å². The van der Waals surface area contributed by atoms with Crippen LogP contribution in [0.25, 0.3) is 10.9 Å². The lowest BCUT2D eigenvalue weighted by Crippen LogP contribution is -2.27. The summed E-state index contributed by atoms with van der Waals surface area (Å²) in [4.78, 5) is 6.70. The van der Waals surface area contributed by atoms with E-state index in [9.17, 15) is 5.11 Å². The molecule has 0 aliphatic carbocycles. The summed E-state index contributed by atoms with van der Waals surface area (Å²) in [7, 11) is 0. The van der Waals surface area contributed by atoms with Crippen molar-refractivity contribution in [3.05, 3.63) is 42.1 Å². The van der Waals surface area contributed by atoms with Gasteiger partial charge in [0.15, 0.2) is 0 Å². The molecule has 1 N–H and O–H groups in total. The molecule has 0 unspecified atom stereocenters. The van der Waals surface area contributed by atoms with Crippen LogP contribution in [0.5, 0.6) is 0 Å². The van der Waals surface area contributed by atoms with E-state index in [2.05, 4.69) is 35.0 Å².